The maximum atomic E-state index is 5.47. The standard InChI is InChI=1S/C15H13BrOS2/c1-2-17-11-5-3-10(4-6-11)15(16)14-9-13-12(19-14)7-8-18-13/h3-9,15H,2H2,1H3. The zero-order valence-corrected chi connectivity index (χ0v) is 13.6. The topological polar surface area (TPSA) is 9.23 Å². The molecule has 0 radical (unpaired) electrons. The van der Waals surface area contributed by atoms with E-state index < -0.39 is 0 Å². The third-order valence-electron chi connectivity index (χ3n) is 2.89. The Kier molecular flexibility index (Phi) is 3.91. The monoisotopic (exact) mass is 352 g/mol. The largest absolute Gasteiger partial charge is 0.494 e. The molecule has 0 fully saturated rings. The van der Waals surface area contributed by atoms with E-state index in [9.17, 15) is 0 Å². The van der Waals surface area contributed by atoms with Gasteiger partial charge in [-0.1, -0.05) is 28.1 Å². The van der Waals surface area contributed by atoms with Crippen molar-refractivity contribution >= 4 is 48.0 Å². The molecule has 4 heteroatoms. The number of rotatable bonds is 4. The van der Waals surface area contributed by atoms with Crippen LogP contribution in [-0.2, 0) is 0 Å². The van der Waals surface area contributed by atoms with E-state index >= 15 is 0 Å². The Morgan fingerprint density at radius 1 is 1.16 bits per heavy atom. The molecule has 1 aromatic carbocycles. The van der Waals surface area contributed by atoms with Crippen molar-refractivity contribution in [2.24, 2.45) is 0 Å². The highest BCUT2D eigenvalue weighted by Gasteiger charge is 2.14. The zero-order chi connectivity index (χ0) is 13.2. The first-order chi connectivity index (χ1) is 9.28. The van der Waals surface area contributed by atoms with Crippen LogP contribution in [0.3, 0.4) is 0 Å². The second kappa shape index (κ2) is 5.65. The first-order valence-corrected chi connectivity index (χ1v) is 8.73. The fourth-order valence-corrected chi connectivity index (χ4v) is 4.82. The van der Waals surface area contributed by atoms with Crippen LogP contribution in [0.15, 0.2) is 41.8 Å². The summed E-state index contributed by atoms with van der Waals surface area (Å²) in [5, 5.41) is 2.14. The molecule has 0 saturated heterocycles. The lowest BCUT2D eigenvalue weighted by molar-refractivity contribution is 0.340. The van der Waals surface area contributed by atoms with Crippen LogP contribution in [0.25, 0.3) is 9.40 Å². The SMILES string of the molecule is CCOc1ccc(C(Br)c2cc3sccc3s2)cc1. The van der Waals surface area contributed by atoms with Crippen molar-refractivity contribution in [1.29, 1.82) is 0 Å². The molecule has 0 aliphatic carbocycles. The summed E-state index contributed by atoms with van der Waals surface area (Å²) < 4.78 is 8.21. The van der Waals surface area contributed by atoms with Gasteiger partial charge in [-0.25, -0.2) is 0 Å². The van der Waals surface area contributed by atoms with E-state index in [1.54, 1.807) is 11.3 Å². The predicted octanol–water partition coefficient (Wildman–Crippen LogP) is 5.85. The fraction of sp³-hybridized carbons (Fsp3) is 0.200. The Morgan fingerprint density at radius 3 is 2.63 bits per heavy atom. The van der Waals surface area contributed by atoms with E-state index in [1.807, 2.05) is 30.4 Å². The Balaban J connectivity index is 1.86. The molecule has 3 aromatic rings. The van der Waals surface area contributed by atoms with E-state index in [0.717, 1.165) is 5.75 Å². The molecule has 3 rings (SSSR count). The lowest BCUT2D eigenvalue weighted by Crippen LogP contribution is -1.93. The third kappa shape index (κ3) is 2.71. The van der Waals surface area contributed by atoms with Crippen LogP contribution >= 0.6 is 38.6 Å². The first kappa shape index (κ1) is 13.2. The lowest BCUT2D eigenvalue weighted by atomic mass is 10.1. The number of alkyl halides is 1. The molecule has 0 saturated carbocycles. The van der Waals surface area contributed by atoms with Crippen molar-refractivity contribution in [3.05, 3.63) is 52.2 Å². The molecule has 0 bridgehead atoms. The molecule has 2 heterocycles. The maximum Gasteiger partial charge on any atom is 0.119 e. The highest BCUT2D eigenvalue weighted by Crippen LogP contribution is 2.40. The number of hydrogen-bond donors (Lipinski definition) is 0. The van der Waals surface area contributed by atoms with E-state index in [1.165, 1.54) is 19.8 Å². The molecule has 0 amide bonds. The summed E-state index contributed by atoms with van der Waals surface area (Å²) in [6, 6.07) is 12.8. The van der Waals surface area contributed by atoms with Gasteiger partial charge < -0.3 is 4.74 Å². The Labute approximate surface area is 129 Å². The van der Waals surface area contributed by atoms with Crippen molar-refractivity contribution < 1.29 is 4.74 Å². The number of fused-ring (bicyclic) bond motifs is 1. The predicted molar refractivity (Wildman–Crippen MR) is 88.1 cm³/mol. The smallest absolute Gasteiger partial charge is 0.119 e. The minimum atomic E-state index is 0.257. The van der Waals surface area contributed by atoms with Gasteiger partial charge >= 0.3 is 0 Å². The summed E-state index contributed by atoms with van der Waals surface area (Å²) in [5.41, 5.74) is 1.26. The molecular formula is C15H13BrOS2. The molecule has 19 heavy (non-hydrogen) atoms. The van der Waals surface area contributed by atoms with Gasteiger partial charge in [-0.3, -0.25) is 0 Å². The summed E-state index contributed by atoms with van der Waals surface area (Å²) >= 11 is 7.45. The van der Waals surface area contributed by atoms with Crippen LogP contribution in [0.2, 0.25) is 0 Å². The van der Waals surface area contributed by atoms with Gasteiger partial charge in [0.1, 0.15) is 5.75 Å². The first-order valence-electron chi connectivity index (χ1n) is 6.11. The molecule has 0 spiro atoms. The van der Waals surface area contributed by atoms with Gasteiger partial charge in [-0.05, 0) is 42.1 Å². The summed E-state index contributed by atoms with van der Waals surface area (Å²) in [5.74, 6) is 0.929. The fourth-order valence-electron chi connectivity index (χ4n) is 1.97. The van der Waals surface area contributed by atoms with Crippen LogP contribution in [0, 0.1) is 0 Å². The van der Waals surface area contributed by atoms with Gasteiger partial charge in [0.15, 0.2) is 0 Å². The summed E-state index contributed by atoms with van der Waals surface area (Å²) in [6.45, 7) is 2.71. The highest BCUT2D eigenvalue weighted by atomic mass is 79.9. The van der Waals surface area contributed by atoms with Gasteiger partial charge in [-0.15, -0.1) is 22.7 Å². The maximum absolute atomic E-state index is 5.47. The average Bonchev–Trinajstić information content (AvgIpc) is 3.00. The van der Waals surface area contributed by atoms with E-state index in [4.69, 9.17) is 4.74 Å². The molecule has 1 atom stereocenters. The minimum Gasteiger partial charge on any atom is -0.494 e. The normalized spacial score (nSPS) is 12.7. The van der Waals surface area contributed by atoms with Crippen molar-refractivity contribution in [2.75, 3.05) is 6.61 Å². The van der Waals surface area contributed by atoms with E-state index in [0.29, 0.717) is 6.61 Å². The van der Waals surface area contributed by atoms with Gasteiger partial charge in [0.05, 0.1) is 11.4 Å². The van der Waals surface area contributed by atoms with Crippen LogP contribution in [0.5, 0.6) is 5.75 Å². The number of halogens is 1. The molecule has 98 valence electrons. The second-order valence-electron chi connectivity index (χ2n) is 4.16. The van der Waals surface area contributed by atoms with Crippen molar-refractivity contribution in [3.63, 3.8) is 0 Å². The lowest BCUT2D eigenvalue weighted by Gasteiger charge is -2.09. The van der Waals surface area contributed by atoms with Crippen molar-refractivity contribution in [2.45, 2.75) is 11.8 Å². The number of benzene rings is 1. The Morgan fingerprint density at radius 2 is 1.95 bits per heavy atom. The Bertz CT molecular complexity index is 640. The minimum absolute atomic E-state index is 0.257. The van der Waals surface area contributed by atoms with Crippen molar-refractivity contribution in [1.82, 2.24) is 0 Å². The average molecular weight is 353 g/mol. The van der Waals surface area contributed by atoms with Crippen LogP contribution in [0.1, 0.15) is 22.2 Å². The quantitative estimate of drug-likeness (QED) is 0.535. The van der Waals surface area contributed by atoms with E-state index in [2.05, 4.69) is 45.6 Å². The van der Waals surface area contributed by atoms with Gasteiger partial charge in [0, 0.05) is 14.3 Å². The summed E-state index contributed by atoms with van der Waals surface area (Å²) in [4.78, 5) is 1.61. The molecule has 0 N–H and O–H groups in total. The zero-order valence-electron chi connectivity index (χ0n) is 10.4. The van der Waals surface area contributed by atoms with Crippen LogP contribution in [-0.4, -0.2) is 6.61 Å². The molecule has 2 aromatic heterocycles. The molecule has 1 unspecified atom stereocenters. The van der Waals surface area contributed by atoms with Crippen LogP contribution < -0.4 is 4.74 Å². The van der Waals surface area contributed by atoms with E-state index in [-0.39, 0.29) is 4.83 Å². The molecule has 1 nitrogen and oxygen atoms in total. The Hall–Kier alpha value is -0.840. The molecule has 0 aliphatic rings. The summed E-state index contributed by atoms with van der Waals surface area (Å²) in [7, 11) is 0. The number of thiophene rings is 2. The van der Waals surface area contributed by atoms with Gasteiger partial charge in [0.25, 0.3) is 0 Å². The van der Waals surface area contributed by atoms with Crippen LogP contribution in [0.4, 0.5) is 0 Å². The highest BCUT2D eigenvalue weighted by molar-refractivity contribution is 9.09. The molecule has 0 aliphatic heterocycles. The van der Waals surface area contributed by atoms with Gasteiger partial charge in [0.2, 0.25) is 0 Å². The second-order valence-corrected chi connectivity index (χ2v) is 7.14. The van der Waals surface area contributed by atoms with Gasteiger partial charge in [-0.2, -0.15) is 0 Å². The third-order valence-corrected chi connectivity index (χ3v) is 6.38. The number of ether oxygens (including phenoxy) is 1. The summed E-state index contributed by atoms with van der Waals surface area (Å²) in [6.07, 6.45) is 0. The van der Waals surface area contributed by atoms with Crippen molar-refractivity contribution in [3.8, 4) is 5.75 Å². The number of hydrogen-bond acceptors (Lipinski definition) is 3. The molecular weight excluding hydrogens is 340 g/mol.